The van der Waals surface area contributed by atoms with Gasteiger partial charge in [-0.2, -0.15) is 0 Å². The standard InChI is InChI=1S/C16H23N2O4P/c1-11(2)21-23(19,22-12(3)4)10-15-17-18-16(20-15)14-8-6-13(5)7-9-14/h6-9,11-12H,10H2,1-5H3. The van der Waals surface area contributed by atoms with Crippen LogP contribution in [0.25, 0.3) is 11.5 Å². The van der Waals surface area contributed by atoms with Gasteiger partial charge in [0.05, 0.1) is 12.2 Å². The van der Waals surface area contributed by atoms with Crippen LogP contribution < -0.4 is 0 Å². The highest BCUT2D eigenvalue weighted by atomic mass is 31.2. The third-order valence-electron chi connectivity index (χ3n) is 2.84. The largest absolute Gasteiger partial charge is 0.420 e. The first-order chi connectivity index (χ1) is 10.8. The minimum absolute atomic E-state index is 0.0395. The molecule has 1 aromatic carbocycles. The second kappa shape index (κ2) is 7.39. The van der Waals surface area contributed by atoms with Crippen LogP contribution in [0, 0.1) is 6.92 Å². The van der Waals surface area contributed by atoms with Crippen molar-refractivity contribution in [2.45, 2.75) is 53.0 Å². The van der Waals surface area contributed by atoms with Gasteiger partial charge in [-0.15, -0.1) is 10.2 Å². The number of benzene rings is 1. The first-order valence-electron chi connectivity index (χ1n) is 7.63. The lowest BCUT2D eigenvalue weighted by molar-refractivity contribution is 0.140. The smallest absolute Gasteiger partial charge is 0.340 e. The summed E-state index contributed by atoms with van der Waals surface area (Å²) in [7, 11) is -3.34. The van der Waals surface area contributed by atoms with Gasteiger partial charge < -0.3 is 13.5 Å². The quantitative estimate of drug-likeness (QED) is 0.688. The van der Waals surface area contributed by atoms with E-state index in [2.05, 4.69) is 10.2 Å². The second-order valence-electron chi connectivity index (χ2n) is 5.94. The third kappa shape index (κ3) is 5.27. The lowest BCUT2D eigenvalue weighted by Gasteiger charge is -2.21. The number of aryl methyl sites for hydroxylation is 1. The predicted molar refractivity (Wildman–Crippen MR) is 88.2 cm³/mol. The topological polar surface area (TPSA) is 74.5 Å². The van der Waals surface area contributed by atoms with Crippen molar-refractivity contribution in [2.75, 3.05) is 0 Å². The van der Waals surface area contributed by atoms with Crippen molar-refractivity contribution in [3.05, 3.63) is 35.7 Å². The van der Waals surface area contributed by atoms with E-state index in [-0.39, 0.29) is 24.3 Å². The summed E-state index contributed by atoms with van der Waals surface area (Å²) in [6.45, 7) is 9.24. The van der Waals surface area contributed by atoms with Gasteiger partial charge in [-0.3, -0.25) is 4.57 Å². The van der Waals surface area contributed by atoms with E-state index in [1.165, 1.54) is 0 Å². The van der Waals surface area contributed by atoms with Crippen LogP contribution in [-0.4, -0.2) is 22.4 Å². The molecule has 2 rings (SSSR count). The van der Waals surface area contributed by atoms with Gasteiger partial charge in [0.15, 0.2) is 0 Å². The monoisotopic (exact) mass is 338 g/mol. The molecule has 0 saturated heterocycles. The van der Waals surface area contributed by atoms with Gasteiger partial charge in [-0.25, -0.2) is 0 Å². The summed E-state index contributed by atoms with van der Waals surface area (Å²) in [4.78, 5) is 0. The third-order valence-corrected chi connectivity index (χ3v) is 4.98. The number of hydrogen-bond acceptors (Lipinski definition) is 6. The fourth-order valence-electron chi connectivity index (χ4n) is 2.04. The first-order valence-corrected chi connectivity index (χ1v) is 9.35. The Hall–Kier alpha value is -1.49. The SMILES string of the molecule is Cc1ccc(-c2nnc(CP(=O)(OC(C)C)OC(C)C)o2)cc1. The maximum Gasteiger partial charge on any atom is 0.340 e. The van der Waals surface area contributed by atoms with E-state index in [4.69, 9.17) is 13.5 Å². The molecule has 2 aromatic rings. The predicted octanol–water partition coefficient (Wildman–Crippen LogP) is 4.59. The van der Waals surface area contributed by atoms with Gasteiger partial charge in [-0.1, -0.05) is 17.7 Å². The molecule has 0 unspecified atom stereocenters. The number of hydrogen-bond donors (Lipinski definition) is 0. The van der Waals surface area contributed by atoms with E-state index in [0.717, 1.165) is 11.1 Å². The lowest BCUT2D eigenvalue weighted by Crippen LogP contribution is -2.09. The van der Waals surface area contributed by atoms with Gasteiger partial charge in [0.25, 0.3) is 0 Å². The molecule has 23 heavy (non-hydrogen) atoms. The molecule has 0 aliphatic heterocycles. The minimum Gasteiger partial charge on any atom is -0.420 e. The zero-order valence-corrected chi connectivity index (χ0v) is 15.0. The zero-order chi connectivity index (χ0) is 17.0. The van der Waals surface area contributed by atoms with Crippen molar-refractivity contribution >= 4 is 7.60 Å². The second-order valence-corrected chi connectivity index (χ2v) is 7.90. The number of rotatable bonds is 7. The summed E-state index contributed by atoms with van der Waals surface area (Å²) in [6.07, 6.45) is -0.486. The molecule has 6 nitrogen and oxygen atoms in total. The average molecular weight is 338 g/mol. The number of aromatic nitrogens is 2. The Morgan fingerprint density at radius 2 is 1.61 bits per heavy atom. The van der Waals surface area contributed by atoms with E-state index < -0.39 is 7.60 Å². The van der Waals surface area contributed by atoms with Crippen LogP contribution in [0.5, 0.6) is 0 Å². The molecule has 0 amide bonds. The van der Waals surface area contributed by atoms with Crippen LogP contribution in [0.4, 0.5) is 0 Å². The molecule has 0 atom stereocenters. The van der Waals surface area contributed by atoms with Crippen molar-refractivity contribution in [3.8, 4) is 11.5 Å². The van der Waals surface area contributed by atoms with Crippen molar-refractivity contribution in [2.24, 2.45) is 0 Å². The molecular weight excluding hydrogens is 315 g/mol. The molecule has 0 radical (unpaired) electrons. The van der Waals surface area contributed by atoms with Gasteiger partial charge in [0.1, 0.15) is 6.16 Å². The average Bonchev–Trinajstić information content (AvgIpc) is 2.85. The zero-order valence-electron chi connectivity index (χ0n) is 14.1. The van der Waals surface area contributed by atoms with Crippen LogP contribution in [0.2, 0.25) is 0 Å². The lowest BCUT2D eigenvalue weighted by atomic mass is 10.1. The Labute approximate surface area is 136 Å². The molecule has 0 aliphatic carbocycles. The molecule has 7 heteroatoms. The molecular formula is C16H23N2O4P. The normalized spacial score (nSPS) is 12.3. The van der Waals surface area contributed by atoms with Crippen LogP contribution in [-0.2, 0) is 19.8 Å². The highest BCUT2D eigenvalue weighted by molar-refractivity contribution is 7.53. The Morgan fingerprint density at radius 3 is 2.13 bits per heavy atom. The van der Waals surface area contributed by atoms with E-state index in [1.807, 2.05) is 58.9 Å². The summed E-state index contributed by atoms with van der Waals surface area (Å²) in [5.74, 6) is 0.630. The molecule has 0 aliphatic rings. The van der Waals surface area contributed by atoms with Crippen LogP contribution in [0.3, 0.4) is 0 Å². The number of nitrogens with zero attached hydrogens (tertiary/aromatic N) is 2. The van der Waals surface area contributed by atoms with E-state index >= 15 is 0 Å². The van der Waals surface area contributed by atoms with Crippen LogP contribution in [0.15, 0.2) is 28.7 Å². The first kappa shape index (κ1) is 17.9. The highest BCUT2D eigenvalue weighted by Crippen LogP contribution is 2.53. The summed E-state index contributed by atoms with van der Waals surface area (Å²) in [5, 5.41) is 7.98. The van der Waals surface area contributed by atoms with Gasteiger partial charge in [0, 0.05) is 5.56 Å². The van der Waals surface area contributed by atoms with Crippen LogP contribution >= 0.6 is 7.60 Å². The Kier molecular flexibility index (Phi) is 5.74. The molecule has 0 saturated carbocycles. The Morgan fingerprint density at radius 1 is 1.04 bits per heavy atom. The van der Waals surface area contributed by atoms with Crippen molar-refractivity contribution in [1.82, 2.24) is 10.2 Å². The van der Waals surface area contributed by atoms with Crippen molar-refractivity contribution in [3.63, 3.8) is 0 Å². The molecule has 1 aromatic heterocycles. The fraction of sp³-hybridized carbons (Fsp3) is 0.500. The summed E-state index contributed by atoms with van der Waals surface area (Å²) < 4.78 is 29.4. The van der Waals surface area contributed by atoms with E-state index in [9.17, 15) is 4.57 Å². The van der Waals surface area contributed by atoms with Crippen LogP contribution in [0.1, 0.15) is 39.1 Å². The molecule has 1 heterocycles. The molecule has 0 bridgehead atoms. The molecule has 0 fully saturated rings. The summed E-state index contributed by atoms with van der Waals surface area (Å²) >= 11 is 0. The highest BCUT2D eigenvalue weighted by Gasteiger charge is 2.31. The van der Waals surface area contributed by atoms with Gasteiger partial charge in [-0.05, 0) is 46.8 Å². The van der Waals surface area contributed by atoms with E-state index in [1.54, 1.807) is 0 Å². The molecule has 0 spiro atoms. The van der Waals surface area contributed by atoms with Gasteiger partial charge >= 0.3 is 7.60 Å². The Balaban J connectivity index is 2.18. The van der Waals surface area contributed by atoms with Crippen molar-refractivity contribution < 1.29 is 18.0 Å². The summed E-state index contributed by atoms with van der Waals surface area (Å²) in [6, 6.07) is 7.74. The summed E-state index contributed by atoms with van der Waals surface area (Å²) in [5.41, 5.74) is 1.97. The van der Waals surface area contributed by atoms with Crippen molar-refractivity contribution in [1.29, 1.82) is 0 Å². The minimum atomic E-state index is -3.34. The van der Waals surface area contributed by atoms with E-state index in [0.29, 0.717) is 5.89 Å². The Bertz CT molecular complexity index is 666. The maximum absolute atomic E-state index is 12.8. The van der Waals surface area contributed by atoms with Gasteiger partial charge in [0.2, 0.25) is 11.8 Å². The fourth-order valence-corrected chi connectivity index (χ4v) is 3.98. The molecule has 126 valence electrons. The maximum atomic E-state index is 12.8. The molecule has 0 N–H and O–H groups in total.